The molecule has 0 atom stereocenters. The van der Waals surface area contributed by atoms with Crippen LogP contribution in [0.15, 0.2) is 41.0 Å². The molecule has 2 aromatic rings. The number of halogens is 1. The molecule has 3 nitrogen and oxygen atoms in total. The highest BCUT2D eigenvalue weighted by atomic mass is 79.9. The number of amides is 1. The summed E-state index contributed by atoms with van der Waals surface area (Å²) in [5.74, 6) is 0.0203. The van der Waals surface area contributed by atoms with Crippen molar-refractivity contribution >= 4 is 21.8 Å². The van der Waals surface area contributed by atoms with Gasteiger partial charge < -0.3 is 9.88 Å². The van der Waals surface area contributed by atoms with Gasteiger partial charge in [0.1, 0.15) is 5.69 Å². The van der Waals surface area contributed by atoms with E-state index in [-0.39, 0.29) is 11.9 Å². The van der Waals surface area contributed by atoms with Gasteiger partial charge in [0, 0.05) is 23.3 Å². The molecule has 1 heterocycles. The molecule has 21 heavy (non-hydrogen) atoms. The van der Waals surface area contributed by atoms with Crippen LogP contribution in [0.3, 0.4) is 0 Å². The molecule has 0 saturated carbocycles. The third-order valence-corrected chi connectivity index (χ3v) is 4.38. The Bertz CT molecular complexity index is 638. The van der Waals surface area contributed by atoms with Gasteiger partial charge in [-0.1, -0.05) is 31.2 Å². The van der Waals surface area contributed by atoms with E-state index in [1.54, 1.807) is 0 Å². The fourth-order valence-corrected chi connectivity index (χ4v) is 3.48. The summed E-state index contributed by atoms with van der Waals surface area (Å²) in [6, 6.07) is 10.5. The molecule has 0 aliphatic heterocycles. The molecule has 0 bridgehead atoms. The Morgan fingerprint density at radius 3 is 2.62 bits per heavy atom. The zero-order chi connectivity index (χ0) is 14.8. The van der Waals surface area contributed by atoms with Crippen molar-refractivity contribution in [1.82, 2.24) is 9.88 Å². The number of fused-ring (bicyclic) bond motifs is 1. The highest BCUT2D eigenvalue weighted by molar-refractivity contribution is 9.10. The first-order valence-corrected chi connectivity index (χ1v) is 8.20. The smallest absolute Gasteiger partial charge is 0.268 e. The number of rotatable bonds is 4. The Hall–Kier alpha value is -1.55. The minimum atomic E-state index is 0.0203. The molecule has 0 radical (unpaired) electrons. The van der Waals surface area contributed by atoms with Gasteiger partial charge in [-0.25, -0.2) is 0 Å². The summed E-state index contributed by atoms with van der Waals surface area (Å²) >= 11 is 3.46. The molecular formula is C17H19BrN2O. The maximum Gasteiger partial charge on any atom is 0.268 e. The van der Waals surface area contributed by atoms with Crippen LogP contribution in [0.25, 0.3) is 0 Å². The zero-order valence-electron chi connectivity index (χ0n) is 12.1. The summed E-state index contributed by atoms with van der Waals surface area (Å²) in [4.78, 5) is 12.5. The van der Waals surface area contributed by atoms with Gasteiger partial charge in [-0.05, 0) is 52.4 Å². The predicted octanol–water partition coefficient (Wildman–Crippen LogP) is 3.56. The quantitative estimate of drug-likeness (QED) is 0.902. The molecule has 1 aromatic heterocycles. The number of hydrogen-bond acceptors (Lipinski definition) is 1. The number of hydrogen-bond donors (Lipinski definition) is 1. The van der Waals surface area contributed by atoms with Crippen LogP contribution in [0.5, 0.6) is 0 Å². The topological polar surface area (TPSA) is 34.0 Å². The van der Waals surface area contributed by atoms with E-state index < -0.39 is 0 Å². The normalized spacial score (nSPS) is 14.2. The molecule has 0 unspecified atom stereocenters. The summed E-state index contributed by atoms with van der Waals surface area (Å²) in [6.07, 6.45) is 4.84. The van der Waals surface area contributed by atoms with E-state index in [4.69, 9.17) is 0 Å². The summed E-state index contributed by atoms with van der Waals surface area (Å²) in [7, 11) is 0. The molecule has 1 aliphatic carbocycles. The Morgan fingerprint density at radius 1 is 1.33 bits per heavy atom. The third-order valence-electron chi connectivity index (χ3n) is 3.95. The minimum Gasteiger partial charge on any atom is -0.347 e. The van der Waals surface area contributed by atoms with Crippen LogP contribution in [0.2, 0.25) is 0 Å². The van der Waals surface area contributed by atoms with Crippen LogP contribution in [-0.4, -0.2) is 16.5 Å². The van der Waals surface area contributed by atoms with E-state index in [0.717, 1.165) is 36.0 Å². The molecule has 1 aliphatic rings. The molecule has 1 N–H and O–H groups in total. The number of nitrogens with zero attached hydrogens (tertiary/aromatic N) is 1. The number of carbonyl (C=O) groups is 1. The maximum atomic E-state index is 12.5. The van der Waals surface area contributed by atoms with Gasteiger partial charge in [0.15, 0.2) is 0 Å². The lowest BCUT2D eigenvalue weighted by molar-refractivity contribution is 0.0929. The van der Waals surface area contributed by atoms with Gasteiger partial charge in [-0.3, -0.25) is 4.79 Å². The lowest BCUT2D eigenvalue weighted by atomic mass is 10.1. The van der Waals surface area contributed by atoms with E-state index in [2.05, 4.69) is 52.4 Å². The molecular weight excluding hydrogens is 328 g/mol. The van der Waals surface area contributed by atoms with Crippen molar-refractivity contribution in [3.63, 3.8) is 0 Å². The highest BCUT2D eigenvalue weighted by Gasteiger charge is 2.24. The second kappa shape index (κ2) is 6.06. The minimum absolute atomic E-state index is 0.0203. The lowest BCUT2D eigenvalue weighted by Gasteiger charge is -2.13. The largest absolute Gasteiger partial charge is 0.347 e. The van der Waals surface area contributed by atoms with Crippen LogP contribution < -0.4 is 5.32 Å². The van der Waals surface area contributed by atoms with Crippen LogP contribution in [0.4, 0.5) is 0 Å². The van der Waals surface area contributed by atoms with Crippen molar-refractivity contribution < 1.29 is 4.79 Å². The third kappa shape index (κ3) is 3.05. The van der Waals surface area contributed by atoms with Crippen molar-refractivity contribution in [1.29, 1.82) is 0 Å². The summed E-state index contributed by atoms with van der Waals surface area (Å²) in [6.45, 7) is 2.97. The number of benzene rings is 1. The molecule has 3 rings (SSSR count). The van der Waals surface area contributed by atoms with Gasteiger partial charge in [0.25, 0.3) is 5.91 Å². The SMILES string of the molecule is CCCn1cc(Br)cc1C(=O)NC1Cc2ccccc2C1. The average Bonchev–Trinajstić information content (AvgIpc) is 3.02. The maximum absolute atomic E-state index is 12.5. The van der Waals surface area contributed by atoms with Crippen LogP contribution in [0, 0.1) is 0 Å². The van der Waals surface area contributed by atoms with E-state index >= 15 is 0 Å². The summed E-state index contributed by atoms with van der Waals surface area (Å²) in [5.41, 5.74) is 3.44. The van der Waals surface area contributed by atoms with Crippen LogP contribution in [-0.2, 0) is 19.4 Å². The van der Waals surface area contributed by atoms with Crippen molar-refractivity contribution in [2.45, 2.75) is 38.8 Å². The van der Waals surface area contributed by atoms with E-state index in [1.807, 2.05) is 16.8 Å². The fourth-order valence-electron chi connectivity index (χ4n) is 3.01. The molecule has 1 amide bonds. The molecule has 1 aromatic carbocycles. The first kappa shape index (κ1) is 14.4. The summed E-state index contributed by atoms with van der Waals surface area (Å²) in [5, 5.41) is 3.17. The number of aryl methyl sites for hydroxylation is 1. The van der Waals surface area contributed by atoms with Crippen molar-refractivity contribution in [3.8, 4) is 0 Å². The highest BCUT2D eigenvalue weighted by Crippen LogP contribution is 2.22. The van der Waals surface area contributed by atoms with Crippen molar-refractivity contribution in [2.24, 2.45) is 0 Å². The fraction of sp³-hybridized carbons (Fsp3) is 0.353. The summed E-state index contributed by atoms with van der Waals surface area (Å²) < 4.78 is 2.97. The molecule has 0 spiro atoms. The second-order valence-corrected chi connectivity index (χ2v) is 6.50. The van der Waals surface area contributed by atoms with Crippen molar-refractivity contribution in [3.05, 3.63) is 57.8 Å². The van der Waals surface area contributed by atoms with Crippen LogP contribution in [0.1, 0.15) is 35.0 Å². The number of aromatic nitrogens is 1. The lowest BCUT2D eigenvalue weighted by Crippen LogP contribution is -2.36. The average molecular weight is 347 g/mol. The number of carbonyl (C=O) groups excluding carboxylic acids is 1. The standard InChI is InChI=1S/C17H19BrN2O/c1-2-7-20-11-14(18)10-16(20)17(21)19-15-8-12-5-3-4-6-13(12)9-15/h3-6,10-11,15H,2,7-9H2,1H3,(H,19,21). The molecule has 0 fully saturated rings. The zero-order valence-corrected chi connectivity index (χ0v) is 13.7. The van der Waals surface area contributed by atoms with E-state index in [0.29, 0.717) is 0 Å². The monoisotopic (exact) mass is 346 g/mol. The van der Waals surface area contributed by atoms with Gasteiger partial charge in [0.05, 0.1) is 0 Å². The Kier molecular flexibility index (Phi) is 4.15. The molecule has 4 heteroatoms. The van der Waals surface area contributed by atoms with Gasteiger partial charge >= 0.3 is 0 Å². The molecule has 0 saturated heterocycles. The van der Waals surface area contributed by atoms with E-state index in [1.165, 1.54) is 11.1 Å². The van der Waals surface area contributed by atoms with Gasteiger partial charge in [-0.2, -0.15) is 0 Å². The van der Waals surface area contributed by atoms with Gasteiger partial charge in [-0.15, -0.1) is 0 Å². The number of nitrogens with one attached hydrogen (secondary N) is 1. The van der Waals surface area contributed by atoms with E-state index in [9.17, 15) is 4.79 Å². The second-order valence-electron chi connectivity index (χ2n) is 5.58. The van der Waals surface area contributed by atoms with Crippen molar-refractivity contribution in [2.75, 3.05) is 0 Å². The van der Waals surface area contributed by atoms with Gasteiger partial charge in [0.2, 0.25) is 0 Å². The van der Waals surface area contributed by atoms with Crippen LogP contribution >= 0.6 is 15.9 Å². The predicted molar refractivity (Wildman–Crippen MR) is 87.5 cm³/mol. The Balaban J connectivity index is 1.71. The Morgan fingerprint density at radius 2 is 2.00 bits per heavy atom. The first-order chi connectivity index (χ1) is 10.2. The molecule has 110 valence electrons. The Labute approximate surface area is 133 Å². The first-order valence-electron chi connectivity index (χ1n) is 7.40.